The van der Waals surface area contributed by atoms with E-state index in [9.17, 15) is 13.2 Å². The Bertz CT molecular complexity index is 611. The topological polar surface area (TPSA) is 51.0 Å². The lowest BCUT2D eigenvalue weighted by Gasteiger charge is -2.26. The van der Waals surface area contributed by atoms with E-state index < -0.39 is 16.7 Å². The normalized spacial score (nSPS) is 12.9. The first-order valence-corrected chi connectivity index (χ1v) is 7.19. The fraction of sp³-hybridized carbons (Fsp3) is 0.538. The number of alkyl halides is 3. The van der Waals surface area contributed by atoms with Crippen LogP contribution in [0.5, 0.6) is 0 Å². The van der Waals surface area contributed by atoms with Crippen LogP contribution in [0.15, 0.2) is 9.90 Å². The Morgan fingerprint density at radius 1 is 1.29 bits per heavy atom. The summed E-state index contributed by atoms with van der Waals surface area (Å²) in [6, 6.07) is 0. The van der Waals surface area contributed by atoms with Crippen molar-refractivity contribution in [1.29, 1.82) is 0 Å². The molecule has 0 radical (unpaired) electrons. The minimum atomic E-state index is -4.39. The van der Waals surface area contributed by atoms with Crippen molar-refractivity contribution in [1.82, 2.24) is 15.5 Å². The van der Waals surface area contributed by atoms with Crippen LogP contribution in [0.2, 0.25) is 0 Å². The predicted octanol–water partition coefficient (Wildman–Crippen LogP) is 3.79. The van der Waals surface area contributed by atoms with Crippen LogP contribution in [0.1, 0.15) is 41.6 Å². The second-order valence-electron chi connectivity index (χ2n) is 5.32. The molecular formula is C13H16F3N3OS. The zero-order chi connectivity index (χ0) is 15.8. The number of hydrogen-bond acceptors (Lipinski definition) is 5. The minimum absolute atomic E-state index is 0.240. The van der Waals surface area contributed by atoms with E-state index in [1.807, 2.05) is 27.7 Å². The molecule has 4 nitrogen and oxygen atoms in total. The van der Waals surface area contributed by atoms with Gasteiger partial charge >= 0.3 is 6.18 Å². The molecule has 21 heavy (non-hydrogen) atoms. The van der Waals surface area contributed by atoms with E-state index in [4.69, 9.17) is 4.52 Å². The molecular weight excluding hydrogens is 303 g/mol. The van der Waals surface area contributed by atoms with Crippen molar-refractivity contribution in [2.75, 3.05) is 0 Å². The number of aromatic nitrogens is 2. The molecule has 0 aromatic carbocycles. The van der Waals surface area contributed by atoms with Gasteiger partial charge in [-0.3, -0.25) is 0 Å². The summed E-state index contributed by atoms with van der Waals surface area (Å²) in [4.78, 5) is 3.60. The summed E-state index contributed by atoms with van der Waals surface area (Å²) in [5.74, 6) is 0.694. The second-order valence-corrected chi connectivity index (χ2v) is 6.18. The fourth-order valence-electron chi connectivity index (χ4n) is 2.29. The van der Waals surface area contributed by atoms with Gasteiger partial charge in [-0.1, -0.05) is 5.16 Å². The van der Waals surface area contributed by atoms with Crippen LogP contribution in [0.3, 0.4) is 0 Å². The Hall–Kier alpha value is -1.41. The molecule has 116 valence electrons. The molecule has 0 saturated heterocycles. The molecule has 0 unspecified atom stereocenters. The molecule has 2 heterocycles. The highest BCUT2D eigenvalue weighted by atomic mass is 32.1. The zero-order valence-corrected chi connectivity index (χ0v) is 12.9. The van der Waals surface area contributed by atoms with Gasteiger partial charge in [-0.05, 0) is 27.7 Å². The summed E-state index contributed by atoms with van der Waals surface area (Å²) in [5.41, 5.74) is 1.57. The number of halogens is 3. The van der Waals surface area contributed by atoms with E-state index in [2.05, 4.69) is 15.5 Å². The zero-order valence-electron chi connectivity index (χ0n) is 12.1. The predicted molar refractivity (Wildman–Crippen MR) is 73.0 cm³/mol. The molecule has 8 heteroatoms. The molecule has 0 aliphatic rings. The minimum Gasteiger partial charge on any atom is -0.361 e. The van der Waals surface area contributed by atoms with E-state index >= 15 is 0 Å². The maximum Gasteiger partial charge on any atom is 0.443 e. The van der Waals surface area contributed by atoms with Gasteiger partial charge in [-0.2, -0.15) is 13.2 Å². The van der Waals surface area contributed by atoms with E-state index in [-0.39, 0.29) is 6.54 Å². The van der Waals surface area contributed by atoms with Crippen LogP contribution < -0.4 is 5.32 Å². The van der Waals surface area contributed by atoms with Crippen molar-refractivity contribution in [2.45, 2.75) is 46.0 Å². The van der Waals surface area contributed by atoms with E-state index in [0.29, 0.717) is 22.8 Å². The Morgan fingerprint density at radius 3 is 2.43 bits per heavy atom. The molecule has 1 N–H and O–H groups in total. The number of nitrogens with one attached hydrogen (secondary N) is 1. The van der Waals surface area contributed by atoms with Crippen LogP contribution in [0, 0.1) is 13.8 Å². The van der Waals surface area contributed by atoms with Crippen LogP contribution in [0.25, 0.3) is 0 Å². The maximum atomic E-state index is 12.5. The molecule has 0 aliphatic heterocycles. The van der Waals surface area contributed by atoms with E-state index in [0.717, 1.165) is 11.3 Å². The standard InChI is InChI=1S/C13H16F3N3OS/c1-7-10(8(2)20-19-7)12(3,4)17-5-9-6-21-11(18-9)13(14,15)16/h6,17H,5H2,1-4H3. The van der Waals surface area contributed by atoms with Gasteiger partial charge in [-0.15, -0.1) is 11.3 Å². The summed E-state index contributed by atoms with van der Waals surface area (Å²) >= 11 is 0.604. The lowest BCUT2D eigenvalue weighted by Crippen LogP contribution is -2.37. The first-order chi connectivity index (χ1) is 9.61. The van der Waals surface area contributed by atoms with Gasteiger partial charge < -0.3 is 9.84 Å². The Balaban J connectivity index is 2.10. The van der Waals surface area contributed by atoms with Crippen molar-refractivity contribution >= 4 is 11.3 Å². The van der Waals surface area contributed by atoms with Crippen LogP contribution in [-0.4, -0.2) is 10.1 Å². The Morgan fingerprint density at radius 2 is 1.95 bits per heavy atom. The number of nitrogens with zero attached hydrogens (tertiary/aromatic N) is 2. The fourth-order valence-corrected chi connectivity index (χ4v) is 2.98. The first-order valence-electron chi connectivity index (χ1n) is 6.31. The van der Waals surface area contributed by atoms with Gasteiger partial charge in [0, 0.05) is 23.0 Å². The Labute approximate surface area is 124 Å². The maximum absolute atomic E-state index is 12.5. The molecule has 0 spiro atoms. The number of hydrogen-bond donors (Lipinski definition) is 1. The summed E-state index contributed by atoms with van der Waals surface area (Å²) in [5, 5.41) is 7.69. The molecule has 2 aromatic rings. The molecule has 0 aliphatic carbocycles. The molecule has 2 rings (SSSR count). The highest BCUT2D eigenvalue weighted by Gasteiger charge is 2.35. The highest BCUT2D eigenvalue weighted by molar-refractivity contribution is 7.09. The first kappa shape index (κ1) is 16.0. The van der Waals surface area contributed by atoms with Crippen molar-refractivity contribution in [2.24, 2.45) is 0 Å². The summed E-state index contributed by atoms with van der Waals surface area (Å²) in [7, 11) is 0. The smallest absolute Gasteiger partial charge is 0.361 e. The third-order valence-corrected chi connectivity index (χ3v) is 4.10. The van der Waals surface area contributed by atoms with Gasteiger partial charge in [0.05, 0.1) is 11.4 Å². The Kier molecular flexibility index (Phi) is 4.12. The summed E-state index contributed by atoms with van der Waals surface area (Å²) < 4.78 is 42.7. The van der Waals surface area contributed by atoms with Gasteiger partial charge in [0.15, 0.2) is 5.01 Å². The molecule has 0 fully saturated rings. The van der Waals surface area contributed by atoms with Gasteiger partial charge in [0.25, 0.3) is 0 Å². The van der Waals surface area contributed by atoms with Crippen molar-refractivity contribution in [3.8, 4) is 0 Å². The summed E-state index contributed by atoms with van der Waals surface area (Å²) in [6.45, 7) is 7.74. The third-order valence-electron chi connectivity index (χ3n) is 3.16. The van der Waals surface area contributed by atoms with E-state index in [1.54, 1.807) is 0 Å². The lowest BCUT2D eigenvalue weighted by atomic mass is 9.92. The van der Waals surface area contributed by atoms with Crippen molar-refractivity contribution < 1.29 is 17.7 Å². The van der Waals surface area contributed by atoms with E-state index in [1.165, 1.54) is 5.38 Å². The SMILES string of the molecule is Cc1noc(C)c1C(C)(C)NCc1csc(C(F)(F)F)n1. The molecule has 0 bridgehead atoms. The van der Waals surface area contributed by atoms with Crippen molar-refractivity contribution in [3.63, 3.8) is 0 Å². The molecule has 0 amide bonds. The molecule has 0 saturated carbocycles. The average Bonchev–Trinajstić information content (AvgIpc) is 2.93. The average molecular weight is 319 g/mol. The third kappa shape index (κ3) is 3.44. The van der Waals surface area contributed by atoms with Gasteiger partial charge in [0.1, 0.15) is 5.76 Å². The number of rotatable bonds is 4. The van der Waals surface area contributed by atoms with Crippen LogP contribution >= 0.6 is 11.3 Å². The van der Waals surface area contributed by atoms with Crippen LogP contribution in [-0.2, 0) is 18.3 Å². The summed E-state index contributed by atoms with van der Waals surface area (Å²) in [6.07, 6.45) is -4.39. The largest absolute Gasteiger partial charge is 0.443 e. The quantitative estimate of drug-likeness (QED) is 0.931. The van der Waals surface area contributed by atoms with Crippen molar-refractivity contribution in [3.05, 3.63) is 33.1 Å². The molecule has 0 atom stereocenters. The van der Waals surface area contributed by atoms with Gasteiger partial charge in [0.2, 0.25) is 0 Å². The monoisotopic (exact) mass is 319 g/mol. The van der Waals surface area contributed by atoms with Gasteiger partial charge in [-0.25, -0.2) is 4.98 Å². The second kappa shape index (κ2) is 5.42. The molecule has 2 aromatic heterocycles. The lowest BCUT2D eigenvalue weighted by molar-refractivity contribution is -0.137. The number of thiazole rings is 1. The number of aryl methyl sites for hydroxylation is 2. The van der Waals surface area contributed by atoms with Crippen LogP contribution in [0.4, 0.5) is 13.2 Å². The highest BCUT2D eigenvalue weighted by Crippen LogP contribution is 2.32.